The van der Waals surface area contributed by atoms with Gasteiger partial charge in [-0.1, -0.05) is 31.0 Å². The molecule has 0 saturated carbocycles. The van der Waals surface area contributed by atoms with E-state index in [1.54, 1.807) is 0 Å². The minimum Gasteiger partial charge on any atom is -0.331 e. The van der Waals surface area contributed by atoms with Crippen LogP contribution in [0.4, 0.5) is 0 Å². The van der Waals surface area contributed by atoms with E-state index in [1.807, 2.05) is 18.2 Å². The predicted octanol–water partition coefficient (Wildman–Crippen LogP) is 4.15. The molecule has 2 aromatic rings. The van der Waals surface area contributed by atoms with E-state index in [0.29, 0.717) is 0 Å². The second kappa shape index (κ2) is 4.37. The highest BCUT2D eigenvalue weighted by molar-refractivity contribution is 7.71. The van der Waals surface area contributed by atoms with Crippen molar-refractivity contribution in [2.24, 2.45) is 0 Å². The number of hydrogen-bond acceptors (Lipinski definition) is 1. The summed E-state index contributed by atoms with van der Waals surface area (Å²) in [5.41, 5.74) is 2.04. The molecular formula is C11H13ClN2S. The molecule has 0 aliphatic carbocycles. The highest BCUT2D eigenvalue weighted by Crippen LogP contribution is 2.23. The maximum atomic E-state index is 6.17. The fraction of sp³-hybridized carbons (Fsp3) is 0.364. The molecular weight excluding hydrogens is 228 g/mol. The first-order valence-corrected chi connectivity index (χ1v) is 5.89. The zero-order valence-corrected chi connectivity index (χ0v) is 10.2. The Morgan fingerprint density at radius 2 is 2.27 bits per heavy atom. The van der Waals surface area contributed by atoms with Gasteiger partial charge in [-0.25, -0.2) is 0 Å². The molecule has 0 atom stereocenters. The number of aromatic nitrogens is 2. The van der Waals surface area contributed by atoms with Crippen LogP contribution in [0.3, 0.4) is 0 Å². The number of aryl methyl sites for hydroxylation is 1. The fourth-order valence-corrected chi connectivity index (χ4v) is 2.27. The van der Waals surface area contributed by atoms with Crippen LogP contribution in [0.25, 0.3) is 11.0 Å². The van der Waals surface area contributed by atoms with Gasteiger partial charge in [0.2, 0.25) is 0 Å². The second-order valence-electron chi connectivity index (χ2n) is 3.57. The number of rotatable bonds is 3. The predicted molar refractivity (Wildman–Crippen MR) is 67.0 cm³/mol. The lowest BCUT2D eigenvalue weighted by molar-refractivity contribution is 0.639. The Kier molecular flexibility index (Phi) is 3.12. The lowest BCUT2D eigenvalue weighted by Crippen LogP contribution is -1.97. The van der Waals surface area contributed by atoms with Gasteiger partial charge in [0.15, 0.2) is 4.77 Å². The van der Waals surface area contributed by atoms with E-state index in [1.165, 1.54) is 0 Å². The Morgan fingerprint density at radius 1 is 1.47 bits per heavy atom. The highest BCUT2D eigenvalue weighted by Gasteiger charge is 2.06. The first kappa shape index (κ1) is 10.7. The molecule has 1 heterocycles. The zero-order valence-electron chi connectivity index (χ0n) is 8.59. The third kappa shape index (κ3) is 1.94. The number of para-hydroxylation sites is 1. The molecule has 0 aliphatic heterocycles. The summed E-state index contributed by atoms with van der Waals surface area (Å²) in [5.74, 6) is 0. The standard InChI is InChI=1S/C11H13ClN2S/c1-2-3-7-14-10-8(12)5-4-6-9(10)13-11(14)15/h4-6H,2-3,7H2,1H3,(H,13,15). The Bertz CT molecular complexity index is 527. The summed E-state index contributed by atoms with van der Waals surface area (Å²) < 4.78 is 2.84. The lowest BCUT2D eigenvalue weighted by Gasteiger charge is -2.03. The van der Waals surface area contributed by atoms with E-state index >= 15 is 0 Å². The van der Waals surface area contributed by atoms with Gasteiger partial charge in [0, 0.05) is 6.54 Å². The van der Waals surface area contributed by atoms with Gasteiger partial charge in [-0.2, -0.15) is 0 Å². The van der Waals surface area contributed by atoms with Crippen LogP contribution in [0, 0.1) is 4.77 Å². The van der Waals surface area contributed by atoms with Gasteiger partial charge in [0.25, 0.3) is 0 Å². The molecule has 1 aromatic heterocycles. The third-order valence-corrected chi connectivity index (χ3v) is 3.11. The smallest absolute Gasteiger partial charge is 0.178 e. The first-order chi connectivity index (χ1) is 7.24. The van der Waals surface area contributed by atoms with Gasteiger partial charge in [-0.15, -0.1) is 0 Å². The number of nitrogens with one attached hydrogen (secondary N) is 1. The number of benzene rings is 1. The molecule has 0 bridgehead atoms. The molecule has 0 aliphatic rings. The van der Waals surface area contributed by atoms with Crippen molar-refractivity contribution < 1.29 is 0 Å². The van der Waals surface area contributed by atoms with Crippen LogP contribution in [-0.2, 0) is 6.54 Å². The maximum absolute atomic E-state index is 6.17. The summed E-state index contributed by atoms with van der Waals surface area (Å²) in [5, 5.41) is 0.760. The Morgan fingerprint density at radius 3 is 3.00 bits per heavy atom. The third-order valence-electron chi connectivity index (χ3n) is 2.48. The monoisotopic (exact) mass is 240 g/mol. The Hall–Kier alpha value is -0.800. The normalized spacial score (nSPS) is 11.1. The molecule has 0 amide bonds. The Balaban J connectivity index is 2.61. The molecule has 0 spiro atoms. The summed E-state index contributed by atoms with van der Waals surface area (Å²) in [6, 6.07) is 5.83. The summed E-state index contributed by atoms with van der Waals surface area (Å²) in [4.78, 5) is 3.17. The van der Waals surface area contributed by atoms with Crippen molar-refractivity contribution in [3.63, 3.8) is 0 Å². The van der Waals surface area contributed by atoms with Crippen LogP contribution in [-0.4, -0.2) is 9.55 Å². The largest absolute Gasteiger partial charge is 0.331 e. The number of nitrogens with zero attached hydrogens (tertiary/aromatic N) is 1. The van der Waals surface area contributed by atoms with Crippen LogP contribution in [0.15, 0.2) is 18.2 Å². The van der Waals surface area contributed by atoms with E-state index in [0.717, 1.165) is 40.2 Å². The van der Waals surface area contributed by atoms with E-state index in [2.05, 4.69) is 16.5 Å². The molecule has 4 heteroatoms. The van der Waals surface area contributed by atoms with Gasteiger partial charge in [-0.05, 0) is 30.8 Å². The first-order valence-electron chi connectivity index (χ1n) is 5.11. The molecule has 1 N–H and O–H groups in total. The number of imidazole rings is 1. The number of fused-ring (bicyclic) bond motifs is 1. The average Bonchev–Trinajstić information content (AvgIpc) is 2.53. The van der Waals surface area contributed by atoms with Gasteiger partial charge < -0.3 is 9.55 Å². The molecule has 15 heavy (non-hydrogen) atoms. The summed E-state index contributed by atoms with van der Waals surface area (Å²) in [6.07, 6.45) is 2.27. The SMILES string of the molecule is CCCCn1c(=S)[nH]c2cccc(Cl)c21. The van der Waals surface area contributed by atoms with E-state index in [-0.39, 0.29) is 0 Å². The molecule has 80 valence electrons. The number of H-pyrrole nitrogens is 1. The summed E-state index contributed by atoms with van der Waals surface area (Å²) >= 11 is 11.4. The summed E-state index contributed by atoms with van der Waals surface area (Å²) in [7, 11) is 0. The quantitative estimate of drug-likeness (QED) is 0.800. The van der Waals surface area contributed by atoms with E-state index in [9.17, 15) is 0 Å². The van der Waals surface area contributed by atoms with Crippen LogP contribution in [0.2, 0.25) is 5.02 Å². The average molecular weight is 241 g/mol. The molecule has 2 rings (SSSR count). The highest BCUT2D eigenvalue weighted by atomic mass is 35.5. The van der Waals surface area contributed by atoms with E-state index in [4.69, 9.17) is 23.8 Å². The van der Waals surface area contributed by atoms with Crippen LogP contribution >= 0.6 is 23.8 Å². The van der Waals surface area contributed by atoms with Crippen molar-refractivity contribution in [2.75, 3.05) is 0 Å². The van der Waals surface area contributed by atoms with Gasteiger partial charge in [-0.3, -0.25) is 0 Å². The van der Waals surface area contributed by atoms with Gasteiger partial charge >= 0.3 is 0 Å². The maximum Gasteiger partial charge on any atom is 0.178 e. The van der Waals surface area contributed by atoms with Crippen molar-refractivity contribution >= 4 is 34.9 Å². The number of unbranched alkanes of at least 4 members (excludes halogenated alkanes) is 1. The summed E-state index contributed by atoms with van der Waals surface area (Å²) in [6.45, 7) is 3.10. The lowest BCUT2D eigenvalue weighted by atomic mass is 10.3. The van der Waals surface area contributed by atoms with Crippen molar-refractivity contribution in [1.82, 2.24) is 9.55 Å². The van der Waals surface area contributed by atoms with Gasteiger partial charge in [0.05, 0.1) is 16.1 Å². The van der Waals surface area contributed by atoms with E-state index < -0.39 is 0 Å². The van der Waals surface area contributed by atoms with Crippen LogP contribution in [0.1, 0.15) is 19.8 Å². The molecule has 0 fully saturated rings. The van der Waals surface area contributed by atoms with Crippen LogP contribution in [0.5, 0.6) is 0 Å². The Labute approximate surface area is 98.9 Å². The van der Waals surface area contributed by atoms with Crippen molar-refractivity contribution in [2.45, 2.75) is 26.3 Å². The molecule has 0 saturated heterocycles. The molecule has 0 unspecified atom stereocenters. The number of hydrogen-bond donors (Lipinski definition) is 1. The minimum atomic E-state index is 0.756. The fourth-order valence-electron chi connectivity index (χ4n) is 1.70. The van der Waals surface area contributed by atoms with Crippen LogP contribution < -0.4 is 0 Å². The molecule has 0 radical (unpaired) electrons. The topological polar surface area (TPSA) is 20.7 Å². The van der Waals surface area contributed by atoms with Crippen molar-refractivity contribution in [3.05, 3.63) is 28.0 Å². The number of halogens is 1. The van der Waals surface area contributed by atoms with Crippen molar-refractivity contribution in [1.29, 1.82) is 0 Å². The second-order valence-corrected chi connectivity index (χ2v) is 4.37. The van der Waals surface area contributed by atoms with Crippen molar-refractivity contribution in [3.8, 4) is 0 Å². The minimum absolute atomic E-state index is 0.756. The number of aromatic amines is 1. The van der Waals surface area contributed by atoms with Gasteiger partial charge in [0.1, 0.15) is 0 Å². The molecule has 1 aromatic carbocycles. The molecule has 2 nitrogen and oxygen atoms in total. The zero-order chi connectivity index (χ0) is 10.8.